The SMILES string of the molecule is CC(C)N(c1cc(-c2ccc(NC(=O)c3ccc(F)cc3)cc2)sc1C=O)C(=O)[C@H]1CC[C@H](C)CC1. The van der Waals surface area contributed by atoms with Crippen LogP contribution in [0, 0.1) is 17.7 Å². The molecule has 2 aromatic carbocycles. The molecule has 0 radical (unpaired) electrons. The van der Waals surface area contributed by atoms with E-state index in [4.69, 9.17) is 0 Å². The van der Waals surface area contributed by atoms with Crippen LogP contribution in [0.3, 0.4) is 0 Å². The first-order valence-corrected chi connectivity index (χ1v) is 13.2. The maximum atomic E-state index is 13.5. The van der Waals surface area contributed by atoms with Crippen LogP contribution in [-0.2, 0) is 4.79 Å². The molecular formula is C29H31FN2O3S. The minimum absolute atomic E-state index is 0.00421. The van der Waals surface area contributed by atoms with E-state index >= 15 is 0 Å². The molecule has 0 bridgehead atoms. The second kappa shape index (κ2) is 11.2. The molecule has 188 valence electrons. The average Bonchev–Trinajstić information content (AvgIpc) is 3.29. The third-order valence-electron chi connectivity index (χ3n) is 6.76. The largest absolute Gasteiger partial charge is 0.322 e. The molecule has 1 aliphatic carbocycles. The minimum atomic E-state index is -0.396. The molecule has 7 heteroatoms. The highest BCUT2D eigenvalue weighted by Gasteiger charge is 2.32. The Balaban J connectivity index is 1.54. The van der Waals surface area contributed by atoms with Crippen LogP contribution in [0.1, 0.15) is 66.5 Å². The normalized spacial score (nSPS) is 17.6. The van der Waals surface area contributed by atoms with Gasteiger partial charge in [-0.3, -0.25) is 14.4 Å². The number of hydrogen-bond donors (Lipinski definition) is 1. The summed E-state index contributed by atoms with van der Waals surface area (Å²) in [6, 6.07) is 14.5. The van der Waals surface area contributed by atoms with Crippen molar-refractivity contribution >= 4 is 40.8 Å². The number of benzene rings is 2. The fourth-order valence-corrected chi connectivity index (χ4v) is 5.66. The molecule has 3 aromatic rings. The molecule has 0 aliphatic heterocycles. The summed E-state index contributed by atoms with van der Waals surface area (Å²) in [5.41, 5.74) is 2.52. The number of hydrogen-bond acceptors (Lipinski definition) is 4. The van der Waals surface area contributed by atoms with Crippen LogP contribution in [0.25, 0.3) is 10.4 Å². The van der Waals surface area contributed by atoms with E-state index in [2.05, 4.69) is 12.2 Å². The number of aldehydes is 1. The van der Waals surface area contributed by atoms with E-state index in [-0.39, 0.29) is 23.8 Å². The number of thiophene rings is 1. The molecule has 0 atom stereocenters. The molecule has 1 aromatic heterocycles. The molecule has 1 saturated carbocycles. The van der Waals surface area contributed by atoms with Gasteiger partial charge in [0.2, 0.25) is 5.91 Å². The molecule has 2 amide bonds. The van der Waals surface area contributed by atoms with Gasteiger partial charge in [-0.1, -0.05) is 19.1 Å². The van der Waals surface area contributed by atoms with Crippen LogP contribution in [0.15, 0.2) is 54.6 Å². The van der Waals surface area contributed by atoms with E-state index in [9.17, 15) is 18.8 Å². The number of amides is 2. The highest BCUT2D eigenvalue weighted by molar-refractivity contribution is 7.17. The predicted octanol–water partition coefficient (Wildman–Crippen LogP) is 7.19. The smallest absolute Gasteiger partial charge is 0.255 e. The quantitative estimate of drug-likeness (QED) is 0.345. The Labute approximate surface area is 215 Å². The number of rotatable bonds is 7. The number of halogens is 1. The Morgan fingerprint density at radius 1 is 1.03 bits per heavy atom. The molecule has 0 saturated heterocycles. The summed E-state index contributed by atoms with van der Waals surface area (Å²) >= 11 is 1.36. The zero-order valence-corrected chi connectivity index (χ0v) is 21.6. The van der Waals surface area contributed by atoms with Gasteiger partial charge in [-0.15, -0.1) is 11.3 Å². The molecule has 4 rings (SSSR count). The second-order valence-electron chi connectivity index (χ2n) is 9.78. The predicted molar refractivity (Wildman–Crippen MR) is 143 cm³/mol. The Morgan fingerprint density at radius 3 is 2.25 bits per heavy atom. The minimum Gasteiger partial charge on any atom is -0.322 e. The van der Waals surface area contributed by atoms with E-state index in [1.54, 1.807) is 17.0 Å². The summed E-state index contributed by atoms with van der Waals surface area (Å²) in [5, 5.41) is 2.80. The summed E-state index contributed by atoms with van der Waals surface area (Å²) < 4.78 is 13.1. The van der Waals surface area contributed by atoms with Gasteiger partial charge in [0.15, 0.2) is 6.29 Å². The Bertz CT molecular complexity index is 1230. The molecule has 1 aliphatic rings. The van der Waals surface area contributed by atoms with Gasteiger partial charge in [-0.25, -0.2) is 4.39 Å². The van der Waals surface area contributed by atoms with Gasteiger partial charge in [0, 0.05) is 28.1 Å². The second-order valence-corrected chi connectivity index (χ2v) is 10.9. The average molecular weight is 507 g/mol. The lowest BCUT2D eigenvalue weighted by Crippen LogP contribution is -2.42. The Kier molecular flexibility index (Phi) is 7.99. The first-order valence-electron chi connectivity index (χ1n) is 12.4. The molecule has 0 spiro atoms. The summed E-state index contributed by atoms with van der Waals surface area (Å²) in [7, 11) is 0. The molecule has 1 N–H and O–H groups in total. The number of nitrogens with one attached hydrogen (secondary N) is 1. The Hall–Kier alpha value is -3.32. The zero-order valence-electron chi connectivity index (χ0n) is 20.8. The van der Waals surface area contributed by atoms with Gasteiger partial charge >= 0.3 is 0 Å². The summed E-state index contributed by atoms with van der Waals surface area (Å²) in [6.07, 6.45) is 4.72. The maximum absolute atomic E-state index is 13.5. The summed E-state index contributed by atoms with van der Waals surface area (Å²) in [4.78, 5) is 41.1. The van der Waals surface area contributed by atoms with Crippen molar-refractivity contribution in [2.75, 3.05) is 10.2 Å². The van der Waals surface area contributed by atoms with Crippen molar-refractivity contribution in [2.45, 2.75) is 52.5 Å². The van der Waals surface area contributed by atoms with Gasteiger partial charge in [0.1, 0.15) is 5.82 Å². The van der Waals surface area contributed by atoms with Crippen LogP contribution in [-0.4, -0.2) is 24.1 Å². The highest BCUT2D eigenvalue weighted by atomic mass is 32.1. The lowest BCUT2D eigenvalue weighted by atomic mass is 9.82. The molecule has 0 unspecified atom stereocenters. The zero-order chi connectivity index (χ0) is 25.8. The summed E-state index contributed by atoms with van der Waals surface area (Å²) in [5.74, 6) is 0.0292. The van der Waals surface area contributed by atoms with Crippen molar-refractivity contribution in [3.63, 3.8) is 0 Å². The standard InChI is InChI=1S/C29H31FN2O3S/c1-18(2)32(29(35)22-6-4-19(3)5-7-22)25-16-26(36-27(25)17-33)20-10-14-24(15-11-20)31-28(34)21-8-12-23(30)13-9-21/h8-19,22H,4-7H2,1-3H3,(H,31,34)/t19-,22-. The van der Waals surface area contributed by atoms with E-state index in [0.29, 0.717) is 27.7 Å². The molecule has 5 nitrogen and oxygen atoms in total. The van der Waals surface area contributed by atoms with Crippen molar-refractivity contribution in [1.82, 2.24) is 0 Å². The molecular weight excluding hydrogens is 475 g/mol. The molecule has 36 heavy (non-hydrogen) atoms. The maximum Gasteiger partial charge on any atom is 0.255 e. The van der Waals surface area contributed by atoms with Crippen LogP contribution >= 0.6 is 11.3 Å². The first kappa shape index (κ1) is 25.8. The van der Waals surface area contributed by atoms with Crippen LogP contribution < -0.4 is 10.2 Å². The third kappa shape index (κ3) is 5.73. The van der Waals surface area contributed by atoms with Gasteiger partial charge < -0.3 is 10.2 Å². The number of anilines is 2. The van der Waals surface area contributed by atoms with Gasteiger partial charge in [0.25, 0.3) is 5.91 Å². The fourth-order valence-electron chi connectivity index (χ4n) is 4.69. The van der Waals surface area contributed by atoms with Crippen molar-refractivity contribution in [2.24, 2.45) is 11.8 Å². The van der Waals surface area contributed by atoms with Gasteiger partial charge in [-0.05, 0) is 93.5 Å². The highest BCUT2D eigenvalue weighted by Crippen LogP contribution is 2.39. The lowest BCUT2D eigenvalue weighted by Gasteiger charge is -2.33. The van der Waals surface area contributed by atoms with Gasteiger partial charge in [-0.2, -0.15) is 0 Å². The first-order chi connectivity index (χ1) is 17.3. The van der Waals surface area contributed by atoms with Crippen LogP contribution in [0.4, 0.5) is 15.8 Å². The number of carbonyl (C=O) groups excluding carboxylic acids is 3. The van der Waals surface area contributed by atoms with Crippen molar-refractivity contribution in [3.05, 3.63) is 70.9 Å². The van der Waals surface area contributed by atoms with Crippen molar-refractivity contribution in [1.29, 1.82) is 0 Å². The lowest BCUT2D eigenvalue weighted by molar-refractivity contribution is -0.123. The van der Waals surface area contributed by atoms with Gasteiger partial charge in [0.05, 0.1) is 10.6 Å². The van der Waals surface area contributed by atoms with Crippen molar-refractivity contribution in [3.8, 4) is 10.4 Å². The fraction of sp³-hybridized carbons (Fsp3) is 0.345. The topological polar surface area (TPSA) is 66.5 Å². The van der Waals surface area contributed by atoms with Crippen LogP contribution in [0.5, 0.6) is 0 Å². The van der Waals surface area contributed by atoms with E-state index < -0.39 is 5.82 Å². The molecule has 1 fully saturated rings. The summed E-state index contributed by atoms with van der Waals surface area (Å²) in [6.45, 7) is 6.19. The third-order valence-corrected chi connectivity index (χ3v) is 7.86. The van der Waals surface area contributed by atoms with Crippen LogP contribution in [0.2, 0.25) is 0 Å². The number of nitrogens with zero attached hydrogens (tertiary/aromatic N) is 1. The van der Waals surface area contributed by atoms with E-state index in [1.165, 1.54) is 35.6 Å². The molecule has 1 heterocycles. The number of carbonyl (C=O) groups is 3. The van der Waals surface area contributed by atoms with Crippen molar-refractivity contribution < 1.29 is 18.8 Å². The van der Waals surface area contributed by atoms with E-state index in [0.717, 1.165) is 42.4 Å². The Morgan fingerprint density at radius 2 is 1.67 bits per heavy atom. The monoisotopic (exact) mass is 506 g/mol. The van der Waals surface area contributed by atoms with E-state index in [1.807, 2.05) is 32.0 Å².